The molecule has 2 atom stereocenters. The van der Waals surface area contributed by atoms with Crippen LogP contribution in [-0.2, 0) is 16.1 Å². The number of aromatic amines is 1. The normalized spacial score (nSPS) is 22.0. The number of nitrogens with one attached hydrogen (secondary N) is 1. The van der Waals surface area contributed by atoms with Crippen molar-refractivity contribution in [1.82, 2.24) is 14.7 Å². The second kappa shape index (κ2) is 5.94. The standard InChI is InChI=1S/C13H17N3O5/c1-8-4-5-15(9(6-8)13(20)21)12(19)7-16-11(18)3-2-10(17)14-16/h2-3,8-9H,4-7H2,1H3,(H,14,17)(H,20,21). The van der Waals surface area contributed by atoms with Crippen LogP contribution >= 0.6 is 0 Å². The van der Waals surface area contributed by atoms with Crippen molar-refractivity contribution in [3.8, 4) is 0 Å². The Bertz CT molecular complexity index is 662. The van der Waals surface area contributed by atoms with Gasteiger partial charge in [0.1, 0.15) is 12.6 Å². The Kier molecular flexibility index (Phi) is 4.25. The van der Waals surface area contributed by atoms with Crippen LogP contribution in [0.1, 0.15) is 19.8 Å². The fourth-order valence-corrected chi connectivity index (χ4v) is 2.48. The number of hydrogen-bond acceptors (Lipinski definition) is 4. The highest BCUT2D eigenvalue weighted by atomic mass is 16.4. The number of nitrogens with zero attached hydrogens (tertiary/aromatic N) is 2. The van der Waals surface area contributed by atoms with Gasteiger partial charge in [0.2, 0.25) is 5.91 Å². The minimum Gasteiger partial charge on any atom is -0.480 e. The molecular formula is C13H17N3O5. The summed E-state index contributed by atoms with van der Waals surface area (Å²) >= 11 is 0. The fourth-order valence-electron chi connectivity index (χ4n) is 2.48. The molecule has 21 heavy (non-hydrogen) atoms. The lowest BCUT2D eigenvalue weighted by molar-refractivity contribution is -0.153. The van der Waals surface area contributed by atoms with Crippen LogP contribution in [0.5, 0.6) is 0 Å². The maximum Gasteiger partial charge on any atom is 0.326 e. The smallest absolute Gasteiger partial charge is 0.326 e. The molecule has 0 spiro atoms. The van der Waals surface area contributed by atoms with Crippen molar-refractivity contribution in [2.45, 2.75) is 32.4 Å². The van der Waals surface area contributed by atoms with Gasteiger partial charge < -0.3 is 10.0 Å². The predicted octanol–water partition coefficient (Wildman–Crippen LogP) is -0.752. The van der Waals surface area contributed by atoms with Crippen LogP contribution in [0, 0.1) is 5.92 Å². The summed E-state index contributed by atoms with van der Waals surface area (Å²) in [6, 6.07) is 1.26. The number of H-pyrrole nitrogens is 1. The van der Waals surface area contributed by atoms with E-state index in [-0.39, 0.29) is 12.5 Å². The number of amides is 1. The molecule has 1 fully saturated rings. The van der Waals surface area contributed by atoms with Gasteiger partial charge in [-0.25, -0.2) is 9.48 Å². The second-order valence-electron chi connectivity index (χ2n) is 5.30. The largest absolute Gasteiger partial charge is 0.480 e. The Labute approximate surface area is 120 Å². The summed E-state index contributed by atoms with van der Waals surface area (Å²) in [7, 11) is 0. The minimum absolute atomic E-state index is 0.231. The number of piperidine rings is 1. The first-order valence-electron chi connectivity index (χ1n) is 6.71. The molecule has 0 bridgehead atoms. The van der Waals surface area contributed by atoms with Gasteiger partial charge in [-0.1, -0.05) is 6.92 Å². The molecule has 1 aliphatic heterocycles. The Morgan fingerprint density at radius 2 is 2.10 bits per heavy atom. The molecule has 8 nitrogen and oxygen atoms in total. The molecule has 114 valence electrons. The molecule has 0 radical (unpaired) electrons. The molecule has 2 N–H and O–H groups in total. The molecule has 2 heterocycles. The molecular weight excluding hydrogens is 278 g/mol. The number of rotatable bonds is 3. The first-order chi connectivity index (χ1) is 9.88. The molecule has 1 amide bonds. The number of aromatic nitrogens is 2. The van der Waals surface area contributed by atoms with Crippen LogP contribution in [0.15, 0.2) is 21.7 Å². The van der Waals surface area contributed by atoms with Crippen LogP contribution in [0.4, 0.5) is 0 Å². The summed E-state index contributed by atoms with van der Waals surface area (Å²) in [6.07, 6.45) is 1.11. The lowest BCUT2D eigenvalue weighted by Gasteiger charge is -2.36. The highest BCUT2D eigenvalue weighted by Crippen LogP contribution is 2.22. The number of carbonyl (C=O) groups is 2. The van der Waals surface area contributed by atoms with E-state index < -0.39 is 29.0 Å². The molecule has 1 saturated heterocycles. The predicted molar refractivity (Wildman–Crippen MR) is 72.9 cm³/mol. The zero-order valence-electron chi connectivity index (χ0n) is 11.6. The molecule has 2 unspecified atom stereocenters. The second-order valence-corrected chi connectivity index (χ2v) is 5.30. The van der Waals surface area contributed by atoms with Gasteiger partial charge in [0, 0.05) is 18.7 Å². The van der Waals surface area contributed by atoms with Crippen LogP contribution < -0.4 is 11.1 Å². The number of carbonyl (C=O) groups excluding carboxylic acids is 1. The van der Waals surface area contributed by atoms with Crippen molar-refractivity contribution in [1.29, 1.82) is 0 Å². The van der Waals surface area contributed by atoms with Gasteiger partial charge in [-0.15, -0.1) is 0 Å². The third-order valence-electron chi connectivity index (χ3n) is 3.65. The van der Waals surface area contributed by atoms with Crippen LogP contribution in [-0.4, -0.2) is 44.3 Å². The van der Waals surface area contributed by atoms with Crippen molar-refractivity contribution in [2.75, 3.05) is 6.54 Å². The van der Waals surface area contributed by atoms with Crippen LogP contribution in [0.25, 0.3) is 0 Å². The van der Waals surface area contributed by atoms with Gasteiger partial charge in [0.05, 0.1) is 0 Å². The summed E-state index contributed by atoms with van der Waals surface area (Å²) in [6.45, 7) is 1.91. The van der Waals surface area contributed by atoms with E-state index in [0.29, 0.717) is 13.0 Å². The van der Waals surface area contributed by atoms with Crippen molar-refractivity contribution in [2.24, 2.45) is 5.92 Å². The number of carboxylic acid groups (broad SMARTS) is 1. The van der Waals surface area contributed by atoms with E-state index >= 15 is 0 Å². The topological polar surface area (TPSA) is 112 Å². The molecule has 1 aromatic heterocycles. The quantitative estimate of drug-likeness (QED) is 0.761. The number of carboxylic acids is 1. The highest BCUT2D eigenvalue weighted by molar-refractivity contribution is 5.83. The summed E-state index contributed by atoms with van der Waals surface area (Å²) < 4.78 is 0.890. The van der Waals surface area contributed by atoms with Crippen molar-refractivity contribution >= 4 is 11.9 Å². The van der Waals surface area contributed by atoms with E-state index in [1.807, 2.05) is 6.92 Å². The molecule has 0 aliphatic carbocycles. The van der Waals surface area contributed by atoms with E-state index in [4.69, 9.17) is 0 Å². The third-order valence-corrected chi connectivity index (χ3v) is 3.65. The molecule has 1 aromatic rings. The average molecular weight is 295 g/mol. The third kappa shape index (κ3) is 3.39. The number of likely N-dealkylation sites (tertiary alicyclic amines) is 1. The van der Waals surface area contributed by atoms with Gasteiger partial charge in [0.25, 0.3) is 11.1 Å². The first kappa shape index (κ1) is 15.0. The van der Waals surface area contributed by atoms with Gasteiger partial charge >= 0.3 is 5.97 Å². The zero-order valence-corrected chi connectivity index (χ0v) is 11.6. The van der Waals surface area contributed by atoms with Crippen LogP contribution in [0.3, 0.4) is 0 Å². The minimum atomic E-state index is -1.05. The average Bonchev–Trinajstić information content (AvgIpc) is 2.42. The van der Waals surface area contributed by atoms with Crippen LogP contribution in [0.2, 0.25) is 0 Å². The van der Waals surface area contributed by atoms with Gasteiger partial charge in [0.15, 0.2) is 0 Å². The fraction of sp³-hybridized carbons (Fsp3) is 0.538. The van der Waals surface area contributed by atoms with Crippen molar-refractivity contribution in [3.05, 3.63) is 32.8 Å². The summed E-state index contributed by atoms with van der Waals surface area (Å²) in [5.74, 6) is -1.31. The molecule has 1 aliphatic rings. The summed E-state index contributed by atoms with van der Waals surface area (Å²) in [5.41, 5.74) is -1.01. The highest BCUT2D eigenvalue weighted by Gasteiger charge is 2.34. The molecule has 2 rings (SSSR count). The summed E-state index contributed by atoms with van der Waals surface area (Å²) in [5, 5.41) is 11.5. The Hall–Kier alpha value is -2.38. The van der Waals surface area contributed by atoms with E-state index in [0.717, 1.165) is 23.2 Å². The Morgan fingerprint density at radius 3 is 2.76 bits per heavy atom. The zero-order chi connectivity index (χ0) is 15.6. The van der Waals surface area contributed by atoms with Gasteiger partial charge in [-0.3, -0.25) is 19.5 Å². The molecule has 8 heteroatoms. The van der Waals surface area contributed by atoms with Crippen molar-refractivity contribution < 1.29 is 14.7 Å². The maximum absolute atomic E-state index is 12.2. The van der Waals surface area contributed by atoms with E-state index in [9.17, 15) is 24.3 Å². The lowest BCUT2D eigenvalue weighted by Crippen LogP contribution is -2.51. The number of aliphatic carboxylic acids is 1. The molecule has 0 aromatic carbocycles. The van der Waals surface area contributed by atoms with E-state index in [1.54, 1.807) is 0 Å². The van der Waals surface area contributed by atoms with Crippen molar-refractivity contribution in [3.63, 3.8) is 0 Å². The lowest BCUT2D eigenvalue weighted by atomic mass is 9.92. The number of hydrogen-bond donors (Lipinski definition) is 2. The van der Waals surface area contributed by atoms with E-state index in [1.165, 1.54) is 4.90 Å². The maximum atomic E-state index is 12.2. The van der Waals surface area contributed by atoms with Gasteiger partial charge in [-0.2, -0.15) is 0 Å². The van der Waals surface area contributed by atoms with Gasteiger partial charge in [-0.05, 0) is 18.8 Å². The molecule has 0 saturated carbocycles. The SMILES string of the molecule is CC1CCN(C(=O)Cn2[nH]c(=O)ccc2=O)C(C(=O)O)C1. The first-order valence-corrected chi connectivity index (χ1v) is 6.71. The Balaban J connectivity index is 2.18. The Morgan fingerprint density at radius 1 is 1.38 bits per heavy atom. The monoisotopic (exact) mass is 295 g/mol. The summed E-state index contributed by atoms with van der Waals surface area (Å²) in [4.78, 5) is 47.5. The van der Waals surface area contributed by atoms with E-state index in [2.05, 4.69) is 5.10 Å².